The molecule has 4 fully saturated rings. The molecule has 280 valence electrons. The summed E-state index contributed by atoms with van der Waals surface area (Å²) < 4.78 is 31.7. The Hall–Kier alpha value is -3.69. The molecule has 0 spiro atoms. The molecule has 51 heavy (non-hydrogen) atoms. The Morgan fingerprint density at radius 3 is 2.41 bits per heavy atom. The minimum atomic E-state index is -0.796. The van der Waals surface area contributed by atoms with Crippen LogP contribution in [0.2, 0.25) is 0 Å². The van der Waals surface area contributed by atoms with Gasteiger partial charge in [0, 0.05) is 7.05 Å². The third-order valence-corrected chi connectivity index (χ3v) is 10.5. The van der Waals surface area contributed by atoms with Gasteiger partial charge >= 0.3 is 19.2 Å². The van der Waals surface area contributed by atoms with E-state index in [4.69, 9.17) is 23.5 Å². The van der Waals surface area contributed by atoms with Crippen molar-refractivity contribution < 1.29 is 43.0 Å². The molecule has 4 aliphatic rings. The van der Waals surface area contributed by atoms with E-state index >= 15 is 0 Å². The van der Waals surface area contributed by atoms with Crippen molar-refractivity contribution >= 4 is 25.1 Å². The predicted molar refractivity (Wildman–Crippen MR) is 188 cm³/mol. The summed E-state index contributed by atoms with van der Waals surface area (Å²) in [5.41, 5.74) is -0.280. The van der Waals surface area contributed by atoms with Gasteiger partial charge in [-0.15, -0.1) is 5.10 Å². The minimum Gasteiger partial charge on any atom is -0.496 e. The Balaban J connectivity index is 1.41. The molecule has 1 unspecified atom stereocenters. The zero-order valence-electron chi connectivity index (χ0n) is 31.9. The number of methoxy groups -OCH3 is 1. The highest BCUT2D eigenvalue weighted by molar-refractivity contribution is 6.48. The van der Waals surface area contributed by atoms with Crippen molar-refractivity contribution in [1.29, 1.82) is 0 Å². The highest BCUT2D eigenvalue weighted by Crippen LogP contribution is 2.65. The number of rotatable bonds is 11. The Bertz CT molecular complexity index is 1630. The second-order valence-corrected chi connectivity index (χ2v) is 16.9. The maximum atomic E-state index is 13.9. The van der Waals surface area contributed by atoms with Crippen LogP contribution in [-0.2, 0) is 49.7 Å². The molecule has 6 rings (SSSR count). The highest BCUT2D eigenvalue weighted by atomic mass is 16.7. The number of carbonyl (C=O) groups excluding carboxylic acids is 3. The van der Waals surface area contributed by atoms with Crippen LogP contribution in [0.4, 0.5) is 4.79 Å². The molecule has 2 amide bonds. The first kappa shape index (κ1) is 38.5. The molecule has 2 heterocycles. The molecule has 1 aromatic heterocycles. The number of carbonyl (C=O) groups is 3. The van der Waals surface area contributed by atoms with E-state index in [1.165, 1.54) is 16.7 Å². The summed E-state index contributed by atoms with van der Waals surface area (Å²) in [6.45, 7) is 16.7. The lowest BCUT2D eigenvalue weighted by Crippen LogP contribution is -2.65. The van der Waals surface area contributed by atoms with Crippen LogP contribution >= 0.6 is 0 Å². The van der Waals surface area contributed by atoms with Gasteiger partial charge in [0.15, 0.2) is 0 Å². The summed E-state index contributed by atoms with van der Waals surface area (Å²) >= 11 is 0. The van der Waals surface area contributed by atoms with Crippen LogP contribution in [0, 0.1) is 17.3 Å². The van der Waals surface area contributed by atoms with Gasteiger partial charge in [-0.05, 0) is 96.6 Å². The fourth-order valence-corrected chi connectivity index (χ4v) is 7.81. The molecule has 3 saturated carbocycles. The lowest BCUT2D eigenvalue weighted by atomic mass is 9.43. The van der Waals surface area contributed by atoms with Gasteiger partial charge in [0.25, 0.3) is 0 Å². The van der Waals surface area contributed by atoms with Gasteiger partial charge in [0.05, 0.1) is 43.6 Å². The number of hydrogen-bond acceptors (Lipinski definition) is 11. The van der Waals surface area contributed by atoms with Crippen molar-refractivity contribution in [2.75, 3.05) is 14.2 Å². The lowest BCUT2D eigenvalue weighted by Gasteiger charge is -2.64. The normalized spacial score (nSPS) is 24.2. The Labute approximate surface area is 301 Å². The average Bonchev–Trinajstić information content (AvgIpc) is 3.58. The van der Waals surface area contributed by atoms with E-state index in [9.17, 15) is 19.5 Å². The monoisotopic (exact) mass is 711 g/mol. The molecule has 1 aromatic carbocycles. The molecule has 1 aliphatic heterocycles. The number of nitrogens with zero attached hydrogens (tertiary/aromatic N) is 4. The van der Waals surface area contributed by atoms with Crippen LogP contribution in [0.15, 0.2) is 18.2 Å². The summed E-state index contributed by atoms with van der Waals surface area (Å²) in [5.74, 6) is -0.465. The number of amides is 2. The van der Waals surface area contributed by atoms with E-state index in [-0.39, 0.29) is 42.3 Å². The number of para-hydroxylation sites is 1. The first-order valence-corrected chi connectivity index (χ1v) is 17.6. The van der Waals surface area contributed by atoms with Gasteiger partial charge < -0.3 is 38.8 Å². The van der Waals surface area contributed by atoms with Crippen LogP contribution in [0.3, 0.4) is 0 Å². The van der Waals surface area contributed by atoms with Gasteiger partial charge in [-0.2, -0.15) is 0 Å². The van der Waals surface area contributed by atoms with Gasteiger partial charge in [-0.3, -0.25) is 4.79 Å². The fourth-order valence-electron chi connectivity index (χ4n) is 7.81. The maximum Gasteiger partial charge on any atom is 0.482 e. The molecule has 2 aromatic rings. The second-order valence-electron chi connectivity index (χ2n) is 16.9. The molecule has 14 nitrogen and oxygen atoms in total. The third-order valence-electron chi connectivity index (χ3n) is 10.5. The third kappa shape index (κ3) is 8.05. The lowest BCUT2D eigenvalue weighted by molar-refractivity contribution is -0.199. The van der Waals surface area contributed by atoms with Crippen molar-refractivity contribution in [3.8, 4) is 5.75 Å². The summed E-state index contributed by atoms with van der Waals surface area (Å²) in [4.78, 5) is 41.1. The summed E-state index contributed by atoms with van der Waals surface area (Å²) in [5, 5.41) is 21.3. The van der Waals surface area contributed by atoms with Crippen molar-refractivity contribution in [2.45, 2.75) is 130 Å². The maximum absolute atomic E-state index is 13.9. The van der Waals surface area contributed by atoms with Crippen LogP contribution in [-0.4, -0.2) is 93.1 Å². The molecular weight excluding hydrogens is 657 g/mol. The summed E-state index contributed by atoms with van der Waals surface area (Å²) in [6.07, 6.45) is 1.44. The Kier molecular flexibility index (Phi) is 10.6. The van der Waals surface area contributed by atoms with Crippen LogP contribution < -0.4 is 10.1 Å². The van der Waals surface area contributed by atoms with Crippen LogP contribution in [0.1, 0.15) is 102 Å². The largest absolute Gasteiger partial charge is 0.496 e. The van der Waals surface area contributed by atoms with Crippen molar-refractivity contribution in [1.82, 2.24) is 25.2 Å². The SMILES string of the molecule is COc1c(CC(NC(=O)Cn2nnc(CO)c2CN(C)C(=O)OC(C)(C)C)B2O[C@@H]3C[C@@H]4C[C@@H](C4(C)C)[C@]3(C)O2)cccc1C(=O)OC(C)(C)C. The fraction of sp³-hybridized carbons (Fsp3) is 0.694. The van der Waals surface area contributed by atoms with E-state index < -0.39 is 54.4 Å². The number of aromatic nitrogens is 3. The molecule has 2 bridgehead atoms. The molecule has 0 radical (unpaired) electrons. The van der Waals surface area contributed by atoms with Gasteiger partial charge in [-0.25, -0.2) is 14.3 Å². The molecule has 2 N–H and O–H groups in total. The quantitative estimate of drug-likeness (QED) is 0.255. The van der Waals surface area contributed by atoms with Gasteiger partial charge in [0.2, 0.25) is 5.91 Å². The highest BCUT2D eigenvalue weighted by Gasteiger charge is 2.68. The number of hydrogen-bond donors (Lipinski definition) is 2. The van der Waals surface area contributed by atoms with E-state index in [0.29, 0.717) is 28.8 Å². The molecule has 5 atom stereocenters. The van der Waals surface area contributed by atoms with Crippen molar-refractivity contribution in [3.63, 3.8) is 0 Å². The Morgan fingerprint density at radius 2 is 1.80 bits per heavy atom. The van der Waals surface area contributed by atoms with Crippen molar-refractivity contribution in [2.24, 2.45) is 17.3 Å². The van der Waals surface area contributed by atoms with E-state index in [1.807, 2.05) is 6.07 Å². The predicted octanol–water partition coefficient (Wildman–Crippen LogP) is 4.10. The number of esters is 1. The zero-order chi connectivity index (χ0) is 37.7. The van der Waals surface area contributed by atoms with Gasteiger partial charge in [0.1, 0.15) is 34.8 Å². The number of benzene rings is 1. The topological polar surface area (TPSA) is 164 Å². The van der Waals surface area contributed by atoms with Crippen LogP contribution in [0.25, 0.3) is 0 Å². The molecular formula is C36H54BN5O9. The van der Waals surface area contributed by atoms with Gasteiger partial charge in [-0.1, -0.05) is 31.2 Å². The number of aliphatic hydroxyl groups is 1. The van der Waals surface area contributed by atoms with Crippen molar-refractivity contribution in [3.05, 3.63) is 40.7 Å². The number of nitrogens with one attached hydrogen (secondary N) is 1. The summed E-state index contributed by atoms with van der Waals surface area (Å²) in [6, 6.07) is 5.24. The van der Waals surface area contributed by atoms with E-state index in [2.05, 4.69) is 36.4 Å². The zero-order valence-corrected chi connectivity index (χ0v) is 31.9. The Morgan fingerprint density at radius 1 is 1.12 bits per heavy atom. The smallest absolute Gasteiger partial charge is 0.482 e. The van der Waals surface area contributed by atoms with E-state index in [0.717, 1.165) is 12.8 Å². The molecule has 1 saturated heterocycles. The first-order valence-electron chi connectivity index (χ1n) is 17.6. The minimum absolute atomic E-state index is 0.00358. The van der Waals surface area contributed by atoms with Crippen LogP contribution in [0.5, 0.6) is 5.75 Å². The average molecular weight is 712 g/mol. The first-order chi connectivity index (χ1) is 23.7. The van der Waals surface area contributed by atoms with E-state index in [1.54, 1.807) is 60.7 Å². The summed E-state index contributed by atoms with van der Waals surface area (Å²) in [7, 11) is 2.25. The second kappa shape index (κ2) is 14.0. The standard InChI is InChI=1S/C36H54BN5O9/c1-33(2,3)48-31(45)23-14-12-13-21(30(23)47-11)15-28(37-50-27-17-22-16-26(35(22,7)8)36(27,9)51-37)38-29(44)19-42-25(24(20-43)39-40-42)18-41(10)32(46)49-34(4,5)6/h12-14,22,26-28,43H,15-20H2,1-11H3,(H,38,44)/t22-,26-,27+,28?,36-/m0/s1. The number of ether oxygens (including phenoxy) is 3. The molecule has 15 heteroatoms. The molecule has 3 aliphatic carbocycles. The number of aliphatic hydroxyl groups excluding tert-OH is 1.